The maximum Gasteiger partial charge on any atom is 0.253 e. The van der Waals surface area contributed by atoms with Crippen LogP contribution in [0.2, 0.25) is 0 Å². The third-order valence-corrected chi connectivity index (χ3v) is 10.4. The number of benzene rings is 2. The number of hydrogen-bond acceptors (Lipinski definition) is 15. The SMILES string of the molecule is COc1cccc2c1C(=O)c1c(O)c3c(c(O)c1C2=O)C[C@@](O)(C(C=O)NNC(=O)CCCCCN1C(=O)C=CC1=O)CC3OC1CC(N)C(O)C(C)O1. The number of amides is 3. The first-order chi connectivity index (χ1) is 25.7. The van der Waals surface area contributed by atoms with Crippen molar-refractivity contribution in [3.8, 4) is 17.2 Å². The largest absolute Gasteiger partial charge is 0.507 e. The first-order valence-corrected chi connectivity index (χ1v) is 17.6. The number of methoxy groups -OCH3 is 1. The van der Waals surface area contributed by atoms with Gasteiger partial charge in [-0.25, -0.2) is 5.43 Å². The van der Waals surface area contributed by atoms with Gasteiger partial charge in [0.2, 0.25) is 11.7 Å². The molecule has 2 aliphatic heterocycles. The van der Waals surface area contributed by atoms with Crippen LogP contribution in [0.5, 0.6) is 17.2 Å². The monoisotopic (exact) mass is 750 g/mol. The maximum absolute atomic E-state index is 13.9. The molecule has 2 heterocycles. The predicted octanol–water partition coefficient (Wildman–Crippen LogP) is 0.114. The molecule has 1 fully saturated rings. The predicted molar refractivity (Wildman–Crippen MR) is 185 cm³/mol. The van der Waals surface area contributed by atoms with Crippen molar-refractivity contribution in [3.05, 3.63) is 63.7 Å². The van der Waals surface area contributed by atoms with E-state index in [1.54, 1.807) is 6.92 Å². The van der Waals surface area contributed by atoms with E-state index in [1.165, 1.54) is 37.5 Å². The number of rotatable bonds is 13. The summed E-state index contributed by atoms with van der Waals surface area (Å²) in [7, 11) is 1.31. The number of carbonyl (C=O) groups is 6. The van der Waals surface area contributed by atoms with E-state index in [0.29, 0.717) is 25.5 Å². The fraction of sp³-hybridized carbons (Fsp3) is 0.459. The number of imide groups is 1. The average Bonchev–Trinajstić information content (AvgIpc) is 3.46. The van der Waals surface area contributed by atoms with E-state index in [4.69, 9.17) is 19.9 Å². The van der Waals surface area contributed by atoms with E-state index in [2.05, 4.69) is 10.9 Å². The number of ketones is 2. The van der Waals surface area contributed by atoms with E-state index in [1.807, 2.05) is 0 Å². The Labute approximate surface area is 309 Å². The summed E-state index contributed by atoms with van der Waals surface area (Å²) in [5.41, 5.74) is 7.42. The molecular formula is C37H42N4O13. The summed E-state index contributed by atoms with van der Waals surface area (Å²) in [4.78, 5) is 77.6. The molecule has 2 aliphatic carbocycles. The standard InChI is InChI=1S/C37H42N4O13/c1-17-32(46)20(38)13-27(53-17)54-22-15-37(51,23(16-42)39-40-24(43)9-4-3-5-12-41-25(44)10-11-26(41)45)14-19-29(22)36(50)31-30(34(19)48)33(47)18-7-6-8-21(52-2)28(18)35(31)49/h6-8,10-11,16-17,20,22-23,27,32,39,46,48,50-51H,3-5,9,12-15,38H2,1-2H3,(H,40,43)/t17?,20?,22?,23?,27?,32?,37-/m0/s1. The third kappa shape index (κ3) is 7.01. The van der Waals surface area contributed by atoms with Gasteiger partial charge in [0.05, 0.1) is 47.7 Å². The number of fused-ring (bicyclic) bond motifs is 3. The number of nitrogens with one attached hydrogen (secondary N) is 2. The highest BCUT2D eigenvalue weighted by atomic mass is 16.7. The Hall–Kier alpha value is -5.04. The summed E-state index contributed by atoms with van der Waals surface area (Å²) in [5, 5.41) is 46.0. The molecule has 7 atom stereocenters. The molecule has 4 aliphatic rings. The summed E-state index contributed by atoms with van der Waals surface area (Å²) in [6.45, 7) is 1.78. The van der Waals surface area contributed by atoms with Crippen LogP contribution in [-0.4, -0.2) is 111 Å². The van der Waals surface area contributed by atoms with E-state index < -0.39 is 107 Å². The molecule has 1 saturated heterocycles. The molecule has 8 N–H and O–H groups in total. The van der Waals surface area contributed by atoms with Crippen molar-refractivity contribution in [2.24, 2.45) is 5.73 Å². The molecule has 2 aromatic carbocycles. The molecule has 17 nitrogen and oxygen atoms in total. The minimum Gasteiger partial charge on any atom is -0.507 e. The van der Waals surface area contributed by atoms with Gasteiger partial charge >= 0.3 is 0 Å². The van der Waals surface area contributed by atoms with Gasteiger partial charge < -0.3 is 45.2 Å². The van der Waals surface area contributed by atoms with Crippen LogP contribution in [0.1, 0.15) is 94.5 Å². The minimum atomic E-state index is -2.14. The Morgan fingerprint density at radius 3 is 2.44 bits per heavy atom. The number of unbranched alkanes of at least 4 members (excludes halogenated alkanes) is 2. The number of hydrogen-bond donors (Lipinski definition) is 7. The Morgan fingerprint density at radius 2 is 1.78 bits per heavy atom. The van der Waals surface area contributed by atoms with Gasteiger partial charge in [-0.3, -0.25) is 34.3 Å². The van der Waals surface area contributed by atoms with Gasteiger partial charge in [-0.2, -0.15) is 0 Å². The molecular weight excluding hydrogens is 708 g/mol. The Morgan fingerprint density at radius 1 is 1.07 bits per heavy atom. The molecule has 54 heavy (non-hydrogen) atoms. The van der Waals surface area contributed by atoms with Crippen LogP contribution in [0.3, 0.4) is 0 Å². The fourth-order valence-electron chi connectivity index (χ4n) is 7.56. The Balaban J connectivity index is 1.26. The van der Waals surface area contributed by atoms with Gasteiger partial charge in [0.1, 0.15) is 29.6 Å². The quantitative estimate of drug-likeness (QED) is 0.0402. The lowest BCUT2D eigenvalue weighted by atomic mass is 9.71. The summed E-state index contributed by atoms with van der Waals surface area (Å²) in [6.07, 6.45) is -1.24. The molecule has 6 unspecified atom stereocenters. The van der Waals surface area contributed by atoms with Crippen LogP contribution in [0.4, 0.5) is 0 Å². The van der Waals surface area contributed by atoms with Crippen LogP contribution >= 0.6 is 0 Å². The summed E-state index contributed by atoms with van der Waals surface area (Å²) in [6, 6.07) is 2.03. The van der Waals surface area contributed by atoms with Crippen molar-refractivity contribution in [1.29, 1.82) is 0 Å². The molecule has 288 valence electrons. The molecule has 0 bridgehead atoms. The lowest BCUT2D eigenvalue weighted by molar-refractivity contribution is -0.248. The Kier molecular flexibility index (Phi) is 11.0. The second kappa shape index (κ2) is 15.4. The number of phenolic OH excluding ortho intramolecular Hbond substituents is 2. The van der Waals surface area contributed by atoms with Gasteiger partial charge in [-0.1, -0.05) is 18.6 Å². The van der Waals surface area contributed by atoms with Crippen LogP contribution in [-0.2, 0) is 35.1 Å². The van der Waals surface area contributed by atoms with Gasteiger partial charge in [-0.15, -0.1) is 0 Å². The van der Waals surface area contributed by atoms with Crippen molar-refractivity contribution < 1.29 is 63.4 Å². The zero-order valence-electron chi connectivity index (χ0n) is 29.6. The van der Waals surface area contributed by atoms with Crippen LogP contribution in [0, 0.1) is 0 Å². The van der Waals surface area contributed by atoms with Gasteiger partial charge in [0.15, 0.2) is 12.1 Å². The number of hydrazine groups is 1. The zero-order valence-corrected chi connectivity index (χ0v) is 29.6. The van der Waals surface area contributed by atoms with Crippen molar-refractivity contribution in [3.63, 3.8) is 0 Å². The smallest absolute Gasteiger partial charge is 0.253 e. The van der Waals surface area contributed by atoms with Gasteiger partial charge in [-0.05, 0) is 25.8 Å². The summed E-state index contributed by atoms with van der Waals surface area (Å²) < 4.78 is 17.4. The lowest BCUT2D eigenvalue weighted by Gasteiger charge is -2.44. The number of nitrogens with zero attached hydrogens (tertiary/aromatic N) is 1. The number of aldehydes is 1. The topological polar surface area (TPSA) is 264 Å². The van der Waals surface area contributed by atoms with Crippen LogP contribution in [0.15, 0.2) is 30.4 Å². The van der Waals surface area contributed by atoms with Gasteiger partial charge in [0, 0.05) is 67.1 Å². The highest BCUT2D eigenvalue weighted by Gasteiger charge is 2.50. The minimum absolute atomic E-state index is 0.00176. The maximum atomic E-state index is 13.9. The van der Waals surface area contributed by atoms with E-state index >= 15 is 0 Å². The number of nitrogens with two attached hydrogens (primary N) is 1. The van der Waals surface area contributed by atoms with Gasteiger partial charge in [0.25, 0.3) is 11.8 Å². The Bertz CT molecular complexity index is 1900. The number of aliphatic hydroxyl groups excluding tert-OH is 1. The zero-order chi connectivity index (χ0) is 39.1. The van der Waals surface area contributed by atoms with Crippen molar-refractivity contribution >= 4 is 35.6 Å². The van der Waals surface area contributed by atoms with E-state index in [9.17, 15) is 49.2 Å². The summed E-state index contributed by atoms with van der Waals surface area (Å²) in [5.74, 6) is -4.25. The highest BCUT2D eigenvalue weighted by Crippen LogP contribution is 2.52. The molecule has 0 spiro atoms. The second-order valence-electron chi connectivity index (χ2n) is 13.9. The first kappa shape index (κ1) is 38.7. The highest BCUT2D eigenvalue weighted by molar-refractivity contribution is 6.31. The molecule has 17 heteroatoms. The molecule has 0 aromatic heterocycles. The average molecular weight is 751 g/mol. The number of aliphatic hydroxyl groups is 2. The van der Waals surface area contributed by atoms with E-state index in [-0.39, 0.29) is 47.4 Å². The normalized spacial score (nSPS) is 26.6. The molecule has 6 rings (SSSR count). The lowest BCUT2D eigenvalue weighted by Crippen LogP contribution is -2.60. The summed E-state index contributed by atoms with van der Waals surface area (Å²) >= 11 is 0. The van der Waals surface area contributed by atoms with Crippen molar-refractivity contribution in [2.45, 2.75) is 94.2 Å². The molecule has 2 aromatic rings. The van der Waals surface area contributed by atoms with Crippen molar-refractivity contribution in [1.82, 2.24) is 15.8 Å². The number of ether oxygens (including phenoxy) is 3. The van der Waals surface area contributed by atoms with E-state index in [0.717, 1.165) is 4.90 Å². The van der Waals surface area contributed by atoms with Crippen LogP contribution < -0.4 is 21.3 Å². The third-order valence-electron chi connectivity index (χ3n) is 10.4. The molecule has 0 saturated carbocycles. The van der Waals surface area contributed by atoms with Crippen molar-refractivity contribution in [2.75, 3.05) is 13.7 Å². The number of phenols is 2. The molecule has 0 radical (unpaired) electrons. The number of carbonyl (C=O) groups excluding carboxylic acids is 6. The number of aromatic hydroxyl groups is 2. The fourth-order valence-corrected chi connectivity index (χ4v) is 7.56. The molecule has 3 amide bonds. The second-order valence-corrected chi connectivity index (χ2v) is 13.9. The van der Waals surface area contributed by atoms with Crippen LogP contribution in [0.25, 0.3) is 0 Å². The first-order valence-electron chi connectivity index (χ1n) is 17.6.